The predicted octanol–water partition coefficient (Wildman–Crippen LogP) is 4.16. The lowest BCUT2D eigenvalue weighted by Crippen LogP contribution is -2.35. The summed E-state index contributed by atoms with van der Waals surface area (Å²) in [6, 6.07) is 12.1. The molecule has 0 aliphatic rings. The number of halogens is 1. The Labute approximate surface area is 150 Å². The highest BCUT2D eigenvalue weighted by molar-refractivity contribution is 6.30. The average molecular weight is 359 g/mol. The van der Waals surface area contributed by atoms with Crippen LogP contribution in [0.4, 0.5) is 10.5 Å². The van der Waals surface area contributed by atoms with Gasteiger partial charge in [-0.15, -0.1) is 0 Å². The fraction of sp³-hybridized carbons (Fsp3) is 0.222. The van der Waals surface area contributed by atoms with Crippen molar-refractivity contribution in [2.24, 2.45) is 0 Å². The van der Waals surface area contributed by atoms with E-state index in [0.29, 0.717) is 17.3 Å². The number of nitrogens with one attached hydrogen (secondary N) is 2. The molecule has 0 bridgehead atoms. The van der Waals surface area contributed by atoms with E-state index in [1.807, 2.05) is 36.7 Å². The Morgan fingerprint density at radius 1 is 1.28 bits per heavy atom. The molecule has 0 saturated carbocycles. The number of carbonyl (C=O) groups is 1. The quantitative estimate of drug-likeness (QED) is 0.719. The van der Waals surface area contributed by atoms with Gasteiger partial charge >= 0.3 is 6.03 Å². The summed E-state index contributed by atoms with van der Waals surface area (Å²) in [4.78, 5) is 12.2. The van der Waals surface area contributed by atoms with E-state index in [9.17, 15) is 4.79 Å². The van der Waals surface area contributed by atoms with Gasteiger partial charge in [-0.05, 0) is 50.2 Å². The second kappa shape index (κ2) is 7.44. The highest BCUT2D eigenvalue weighted by Crippen LogP contribution is 2.20. The highest BCUT2D eigenvalue weighted by atomic mass is 35.5. The van der Waals surface area contributed by atoms with E-state index in [2.05, 4.69) is 15.7 Å². The molecule has 1 unspecified atom stereocenters. The normalized spacial score (nSPS) is 12.0. The Kier molecular flexibility index (Phi) is 5.09. The minimum absolute atomic E-state index is 0.228. The number of hydrogen-bond acceptors (Lipinski definition) is 3. The molecule has 1 atom stereocenters. The van der Waals surface area contributed by atoms with Gasteiger partial charge in [0.05, 0.1) is 12.0 Å². The number of benzene rings is 1. The monoisotopic (exact) mass is 358 g/mol. The lowest BCUT2D eigenvalue weighted by Gasteiger charge is -2.18. The zero-order chi connectivity index (χ0) is 17.8. The van der Waals surface area contributed by atoms with E-state index in [4.69, 9.17) is 16.0 Å². The second-order valence-corrected chi connectivity index (χ2v) is 6.18. The minimum atomic E-state index is -0.319. The lowest BCUT2D eigenvalue weighted by molar-refractivity contribution is 0.249. The van der Waals surface area contributed by atoms with Gasteiger partial charge in [-0.3, -0.25) is 4.68 Å². The molecule has 0 aliphatic carbocycles. The van der Waals surface area contributed by atoms with Gasteiger partial charge < -0.3 is 15.1 Å². The molecule has 1 aromatic carbocycles. The number of nitrogens with zero attached hydrogens (tertiary/aromatic N) is 2. The number of aromatic nitrogens is 2. The van der Waals surface area contributed by atoms with Crippen LogP contribution in [0.2, 0.25) is 5.02 Å². The molecule has 2 amide bonds. The van der Waals surface area contributed by atoms with Crippen molar-refractivity contribution >= 4 is 23.3 Å². The van der Waals surface area contributed by atoms with E-state index >= 15 is 0 Å². The van der Waals surface area contributed by atoms with Crippen molar-refractivity contribution in [2.75, 3.05) is 11.9 Å². The van der Waals surface area contributed by atoms with Gasteiger partial charge in [0.25, 0.3) is 0 Å². The van der Waals surface area contributed by atoms with Crippen molar-refractivity contribution in [1.82, 2.24) is 15.1 Å². The number of aryl methyl sites for hydroxylation is 2. The fourth-order valence-corrected chi connectivity index (χ4v) is 2.87. The van der Waals surface area contributed by atoms with E-state index in [1.54, 1.807) is 30.5 Å². The van der Waals surface area contributed by atoms with Crippen LogP contribution in [-0.2, 0) is 0 Å². The van der Waals surface area contributed by atoms with Crippen LogP contribution in [0.5, 0.6) is 0 Å². The summed E-state index contributed by atoms with van der Waals surface area (Å²) in [6.07, 6.45) is 1.61. The van der Waals surface area contributed by atoms with E-state index in [1.165, 1.54) is 0 Å². The van der Waals surface area contributed by atoms with Crippen LogP contribution in [0.25, 0.3) is 0 Å². The number of hydrogen-bond donors (Lipinski definition) is 2. The van der Waals surface area contributed by atoms with E-state index < -0.39 is 0 Å². The van der Waals surface area contributed by atoms with Crippen LogP contribution >= 0.6 is 11.6 Å². The largest absolute Gasteiger partial charge is 0.467 e. The first kappa shape index (κ1) is 17.1. The predicted molar refractivity (Wildman–Crippen MR) is 97.0 cm³/mol. The van der Waals surface area contributed by atoms with Gasteiger partial charge in [0.1, 0.15) is 11.8 Å². The van der Waals surface area contributed by atoms with E-state index in [-0.39, 0.29) is 12.1 Å². The third kappa shape index (κ3) is 4.22. The molecule has 0 aliphatic heterocycles. The van der Waals surface area contributed by atoms with Crippen LogP contribution in [0, 0.1) is 13.8 Å². The van der Waals surface area contributed by atoms with Crippen molar-refractivity contribution in [3.63, 3.8) is 0 Å². The molecular formula is C18H19ClN4O2. The number of carbonyl (C=O) groups excluding carboxylic acids is 1. The number of anilines is 1. The van der Waals surface area contributed by atoms with Crippen molar-refractivity contribution in [2.45, 2.75) is 19.9 Å². The topological polar surface area (TPSA) is 72.1 Å². The molecule has 0 spiro atoms. The maximum atomic E-state index is 12.2. The molecule has 3 rings (SSSR count). The van der Waals surface area contributed by atoms with Crippen molar-refractivity contribution in [1.29, 1.82) is 0 Å². The molecule has 0 saturated heterocycles. The van der Waals surface area contributed by atoms with Crippen LogP contribution < -0.4 is 10.6 Å². The molecule has 6 nitrogen and oxygen atoms in total. The van der Waals surface area contributed by atoms with Crippen LogP contribution in [0.15, 0.2) is 53.1 Å². The van der Waals surface area contributed by atoms with Gasteiger partial charge in [-0.2, -0.15) is 5.10 Å². The zero-order valence-electron chi connectivity index (χ0n) is 14.0. The molecule has 3 aromatic rings. The van der Waals surface area contributed by atoms with Crippen LogP contribution in [-0.4, -0.2) is 22.4 Å². The van der Waals surface area contributed by atoms with Gasteiger partial charge in [0.2, 0.25) is 0 Å². The molecule has 25 heavy (non-hydrogen) atoms. The Hall–Kier alpha value is -2.73. The third-order valence-electron chi connectivity index (χ3n) is 3.75. The van der Waals surface area contributed by atoms with E-state index in [0.717, 1.165) is 17.1 Å². The lowest BCUT2D eigenvalue weighted by atomic mass is 10.2. The summed E-state index contributed by atoms with van der Waals surface area (Å²) >= 11 is 5.93. The number of furan rings is 1. The molecule has 0 radical (unpaired) electrons. The summed E-state index contributed by atoms with van der Waals surface area (Å²) in [6.45, 7) is 4.24. The van der Waals surface area contributed by atoms with Gasteiger partial charge in [0, 0.05) is 22.9 Å². The van der Waals surface area contributed by atoms with Crippen LogP contribution in [0.3, 0.4) is 0 Å². The molecular weight excluding hydrogens is 340 g/mol. The number of rotatable bonds is 5. The summed E-state index contributed by atoms with van der Waals surface area (Å²) < 4.78 is 7.39. The molecule has 0 fully saturated rings. The Balaban J connectivity index is 1.71. The first-order valence-electron chi connectivity index (χ1n) is 7.89. The Morgan fingerprint density at radius 3 is 2.76 bits per heavy atom. The first-order chi connectivity index (χ1) is 12.0. The smallest absolute Gasteiger partial charge is 0.319 e. The fourth-order valence-electron chi connectivity index (χ4n) is 2.68. The first-order valence-corrected chi connectivity index (χ1v) is 8.27. The molecule has 7 heteroatoms. The number of urea groups is 1. The maximum absolute atomic E-state index is 12.2. The second-order valence-electron chi connectivity index (χ2n) is 5.75. The minimum Gasteiger partial charge on any atom is -0.467 e. The summed E-state index contributed by atoms with van der Waals surface area (Å²) in [5, 5.41) is 10.7. The Morgan fingerprint density at radius 2 is 2.12 bits per heavy atom. The standard InChI is InChI=1S/C18H19ClN4O2/c1-12-9-13(2)23(22-12)16(17-7-4-8-25-17)11-20-18(24)21-15-6-3-5-14(19)10-15/h3-10,16H,11H2,1-2H3,(H2,20,21,24). The average Bonchev–Trinajstić information content (AvgIpc) is 3.18. The third-order valence-corrected chi connectivity index (χ3v) is 3.98. The van der Waals surface area contributed by atoms with Crippen LogP contribution in [0.1, 0.15) is 23.2 Å². The summed E-state index contributed by atoms with van der Waals surface area (Å²) in [5.74, 6) is 0.731. The number of amides is 2. The molecule has 2 N–H and O–H groups in total. The zero-order valence-corrected chi connectivity index (χ0v) is 14.7. The summed E-state index contributed by atoms with van der Waals surface area (Å²) in [5.41, 5.74) is 2.54. The summed E-state index contributed by atoms with van der Waals surface area (Å²) in [7, 11) is 0. The molecule has 130 valence electrons. The molecule has 2 aromatic heterocycles. The van der Waals surface area contributed by atoms with Gasteiger partial charge in [0.15, 0.2) is 0 Å². The van der Waals surface area contributed by atoms with Gasteiger partial charge in [-0.25, -0.2) is 4.79 Å². The molecule has 2 heterocycles. The van der Waals surface area contributed by atoms with Crippen molar-refractivity contribution in [3.05, 3.63) is 70.9 Å². The highest BCUT2D eigenvalue weighted by Gasteiger charge is 2.20. The Bertz CT molecular complexity index is 858. The SMILES string of the molecule is Cc1cc(C)n(C(CNC(=O)Nc2cccc(Cl)c2)c2ccco2)n1. The van der Waals surface area contributed by atoms with Crippen molar-refractivity contribution in [3.8, 4) is 0 Å². The van der Waals surface area contributed by atoms with Gasteiger partial charge in [-0.1, -0.05) is 17.7 Å². The maximum Gasteiger partial charge on any atom is 0.319 e. The van der Waals surface area contributed by atoms with Crippen molar-refractivity contribution < 1.29 is 9.21 Å².